The second-order valence-electron chi connectivity index (χ2n) is 6.45. The van der Waals surface area contributed by atoms with Gasteiger partial charge in [0.25, 0.3) is 0 Å². The Morgan fingerprint density at radius 1 is 0.960 bits per heavy atom. The lowest BCUT2D eigenvalue weighted by atomic mass is 9.90. The Hall–Kier alpha value is -1.19. The predicted octanol–water partition coefficient (Wildman–Crippen LogP) is 5.89. The van der Waals surface area contributed by atoms with Gasteiger partial charge in [0, 0.05) is 32.7 Å². The molecular weight excluding hydrogens is 375 g/mol. The Balaban J connectivity index is 0.00000182. The van der Waals surface area contributed by atoms with Crippen molar-refractivity contribution in [2.45, 2.75) is 25.3 Å². The smallest absolute Gasteiger partial charge is 0.0505 e. The van der Waals surface area contributed by atoms with Crippen molar-refractivity contribution in [3.63, 3.8) is 0 Å². The van der Waals surface area contributed by atoms with Crippen LogP contribution in [-0.4, -0.2) is 17.7 Å². The fourth-order valence-electron chi connectivity index (χ4n) is 3.72. The van der Waals surface area contributed by atoms with Crippen LogP contribution in [0.2, 0.25) is 10.0 Å². The van der Waals surface area contributed by atoms with Gasteiger partial charge in [-0.25, -0.2) is 0 Å². The fraction of sp³-hybridized carbons (Fsp3) is 0.300. The highest BCUT2D eigenvalue weighted by Crippen LogP contribution is 2.34. The molecule has 4 rings (SSSR count). The third-order valence-electron chi connectivity index (χ3n) is 4.99. The molecule has 0 amide bonds. The highest BCUT2D eigenvalue weighted by atomic mass is 35.5. The molecule has 1 aromatic heterocycles. The van der Waals surface area contributed by atoms with Gasteiger partial charge in [0.05, 0.1) is 6.54 Å². The molecule has 3 aromatic rings. The van der Waals surface area contributed by atoms with E-state index < -0.39 is 0 Å². The van der Waals surface area contributed by atoms with E-state index >= 15 is 0 Å². The van der Waals surface area contributed by atoms with Crippen LogP contribution in [-0.2, 0) is 6.54 Å². The van der Waals surface area contributed by atoms with E-state index in [1.165, 1.54) is 29.3 Å². The minimum Gasteiger partial charge on any atom is -0.343 e. The van der Waals surface area contributed by atoms with Gasteiger partial charge in [-0.3, -0.25) is 0 Å². The number of piperidine rings is 1. The minimum absolute atomic E-state index is 0. The van der Waals surface area contributed by atoms with Crippen LogP contribution < -0.4 is 5.32 Å². The highest BCUT2D eigenvalue weighted by Gasteiger charge is 2.20. The van der Waals surface area contributed by atoms with Gasteiger partial charge >= 0.3 is 0 Å². The van der Waals surface area contributed by atoms with E-state index in [0.29, 0.717) is 12.5 Å². The zero-order chi connectivity index (χ0) is 16.5. The molecule has 2 nitrogen and oxygen atoms in total. The maximum atomic E-state index is 6.38. The van der Waals surface area contributed by atoms with E-state index in [4.69, 9.17) is 23.2 Å². The molecule has 1 saturated heterocycles. The minimum atomic E-state index is 0. The van der Waals surface area contributed by atoms with Gasteiger partial charge in [-0.15, -0.1) is 12.4 Å². The zero-order valence-electron chi connectivity index (χ0n) is 13.8. The van der Waals surface area contributed by atoms with Gasteiger partial charge in [0.15, 0.2) is 0 Å². The molecule has 0 atom stereocenters. The molecule has 0 radical (unpaired) electrons. The van der Waals surface area contributed by atoms with Crippen LogP contribution in [0, 0.1) is 0 Å². The quantitative estimate of drug-likeness (QED) is 0.585. The summed E-state index contributed by atoms with van der Waals surface area (Å²) >= 11 is 12.8. The van der Waals surface area contributed by atoms with Gasteiger partial charge in [-0.1, -0.05) is 47.5 Å². The van der Waals surface area contributed by atoms with Gasteiger partial charge < -0.3 is 9.88 Å². The topological polar surface area (TPSA) is 17.0 Å². The normalized spacial score (nSPS) is 15.3. The van der Waals surface area contributed by atoms with Crippen molar-refractivity contribution >= 4 is 46.5 Å². The van der Waals surface area contributed by atoms with Gasteiger partial charge in [-0.05, 0) is 55.6 Å². The molecule has 132 valence electrons. The van der Waals surface area contributed by atoms with Gasteiger partial charge in [0.1, 0.15) is 0 Å². The second-order valence-corrected chi connectivity index (χ2v) is 7.27. The number of hydrogen-bond acceptors (Lipinski definition) is 1. The molecule has 1 N–H and O–H groups in total. The molecule has 0 spiro atoms. The average Bonchev–Trinajstić information content (AvgIpc) is 2.98. The number of fused-ring (bicyclic) bond motifs is 1. The first-order valence-corrected chi connectivity index (χ1v) is 9.21. The first-order chi connectivity index (χ1) is 11.7. The Kier molecular flexibility index (Phi) is 5.96. The van der Waals surface area contributed by atoms with Gasteiger partial charge in [0.2, 0.25) is 0 Å². The summed E-state index contributed by atoms with van der Waals surface area (Å²) in [6.45, 7) is 2.89. The first-order valence-electron chi connectivity index (χ1n) is 8.45. The number of hydrogen-bond donors (Lipinski definition) is 1. The van der Waals surface area contributed by atoms with Crippen LogP contribution in [0.25, 0.3) is 10.9 Å². The van der Waals surface area contributed by atoms with E-state index in [0.717, 1.165) is 28.7 Å². The first kappa shape index (κ1) is 18.6. The number of benzene rings is 2. The molecule has 0 bridgehead atoms. The molecular formula is C20H21Cl3N2. The van der Waals surface area contributed by atoms with E-state index in [1.807, 2.05) is 18.2 Å². The number of aromatic nitrogens is 1. The van der Waals surface area contributed by atoms with Crippen molar-refractivity contribution in [3.8, 4) is 0 Å². The van der Waals surface area contributed by atoms with Crippen LogP contribution in [0.15, 0.2) is 48.7 Å². The summed E-state index contributed by atoms with van der Waals surface area (Å²) in [5.74, 6) is 0.624. The zero-order valence-corrected chi connectivity index (χ0v) is 16.2. The summed E-state index contributed by atoms with van der Waals surface area (Å²) in [7, 11) is 0. The Morgan fingerprint density at radius 3 is 2.36 bits per heavy atom. The summed E-state index contributed by atoms with van der Waals surface area (Å²) in [5, 5.41) is 6.26. The predicted molar refractivity (Wildman–Crippen MR) is 110 cm³/mol. The Labute approximate surface area is 164 Å². The maximum absolute atomic E-state index is 6.38. The summed E-state index contributed by atoms with van der Waals surface area (Å²) in [6, 6.07) is 14.3. The molecule has 0 saturated carbocycles. The van der Waals surface area contributed by atoms with E-state index in [-0.39, 0.29) is 12.4 Å². The lowest BCUT2D eigenvalue weighted by molar-refractivity contribution is 0.461. The molecule has 2 aromatic carbocycles. The van der Waals surface area contributed by atoms with Crippen LogP contribution in [0.5, 0.6) is 0 Å². The van der Waals surface area contributed by atoms with Crippen molar-refractivity contribution in [2.24, 2.45) is 0 Å². The lowest BCUT2D eigenvalue weighted by Crippen LogP contribution is -2.26. The molecule has 25 heavy (non-hydrogen) atoms. The Bertz CT molecular complexity index is 846. The van der Waals surface area contributed by atoms with Crippen LogP contribution in [0.4, 0.5) is 0 Å². The summed E-state index contributed by atoms with van der Waals surface area (Å²) in [6.07, 6.45) is 4.70. The summed E-state index contributed by atoms with van der Waals surface area (Å²) < 4.78 is 2.29. The fourth-order valence-corrected chi connectivity index (χ4v) is 4.23. The summed E-state index contributed by atoms with van der Waals surface area (Å²) in [4.78, 5) is 0. The SMILES string of the molecule is Cl.Clc1cccc(Cl)c1Cn1cc(C2CCNCC2)c2ccccc21. The monoisotopic (exact) mass is 394 g/mol. The van der Waals surface area contributed by atoms with Crippen LogP contribution in [0.1, 0.15) is 29.9 Å². The number of para-hydroxylation sites is 1. The molecule has 1 aliphatic heterocycles. The average molecular weight is 396 g/mol. The number of halogens is 3. The van der Waals surface area contributed by atoms with E-state index in [2.05, 4.69) is 40.3 Å². The molecule has 1 fully saturated rings. The van der Waals surface area contributed by atoms with Crippen molar-refractivity contribution in [1.29, 1.82) is 0 Å². The molecule has 1 aliphatic rings. The third kappa shape index (κ3) is 3.68. The van der Waals surface area contributed by atoms with Crippen molar-refractivity contribution in [3.05, 3.63) is 69.8 Å². The lowest BCUT2D eigenvalue weighted by Gasteiger charge is -2.22. The number of nitrogens with one attached hydrogen (secondary N) is 1. The van der Waals surface area contributed by atoms with E-state index in [1.54, 1.807) is 0 Å². The summed E-state index contributed by atoms with van der Waals surface area (Å²) in [5.41, 5.74) is 3.69. The molecule has 2 heterocycles. The second kappa shape index (κ2) is 8.01. The largest absolute Gasteiger partial charge is 0.343 e. The standard InChI is InChI=1S/C20H20Cl2N2.ClH/c21-18-5-3-6-19(22)17(18)13-24-12-16(14-8-10-23-11-9-14)15-4-1-2-7-20(15)24;/h1-7,12,14,23H,8-11,13H2;1H. The number of nitrogens with zero attached hydrogens (tertiary/aromatic N) is 1. The highest BCUT2D eigenvalue weighted by molar-refractivity contribution is 6.36. The van der Waals surface area contributed by atoms with Crippen molar-refractivity contribution in [1.82, 2.24) is 9.88 Å². The van der Waals surface area contributed by atoms with Gasteiger partial charge in [-0.2, -0.15) is 0 Å². The van der Waals surface area contributed by atoms with Crippen LogP contribution >= 0.6 is 35.6 Å². The van der Waals surface area contributed by atoms with Crippen molar-refractivity contribution in [2.75, 3.05) is 13.1 Å². The number of rotatable bonds is 3. The molecule has 5 heteroatoms. The maximum Gasteiger partial charge on any atom is 0.0505 e. The third-order valence-corrected chi connectivity index (χ3v) is 5.70. The van der Waals surface area contributed by atoms with Crippen molar-refractivity contribution < 1.29 is 0 Å². The molecule has 0 unspecified atom stereocenters. The van der Waals surface area contributed by atoms with E-state index in [9.17, 15) is 0 Å². The van der Waals surface area contributed by atoms with Crippen LogP contribution in [0.3, 0.4) is 0 Å². The molecule has 0 aliphatic carbocycles. The Morgan fingerprint density at radius 2 is 1.64 bits per heavy atom.